The van der Waals surface area contributed by atoms with Gasteiger partial charge in [-0.2, -0.15) is 0 Å². The quantitative estimate of drug-likeness (QED) is 0.812. The molecule has 1 heterocycles. The zero-order valence-corrected chi connectivity index (χ0v) is 10.8. The maximum absolute atomic E-state index is 11.5. The molecule has 0 amide bonds. The molecule has 0 spiro atoms. The van der Waals surface area contributed by atoms with Gasteiger partial charge in [0.2, 0.25) is 0 Å². The predicted molar refractivity (Wildman–Crippen MR) is 67.0 cm³/mol. The molecule has 4 nitrogen and oxygen atoms in total. The lowest BCUT2D eigenvalue weighted by atomic mass is 9.78. The van der Waals surface area contributed by atoms with Crippen molar-refractivity contribution in [2.24, 2.45) is 17.1 Å². The smallest absolute Gasteiger partial charge is 0.311 e. The Morgan fingerprint density at radius 3 is 2.82 bits per heavy atom. The average molecular weight is 254 g/mol. The van der Waals surface area contributed by atoms with Gasteiger partial charge in [-0.3, -0.25) is 4.79 Å². The first-order valence-corrected chi connectivity index (χ1v) is 6.80. The number of aliphatic carboxylic acids is 1. The van der Waals surface area contributed by atoms with Crippen molar-refractivity contribution < 1.29 is 9.90 Å². The summed E-state index contributed by atoms with van der Waals surface area (Å²) in [5, 5.41) is 9.44. The van der Waals surface area contributed by atoms with Crippen LogP contribution < -0.4 is 5.73 Å². The molecule has 1 fully saturated rings. The fourth-order valence-electron chi connectivity index (χ4n) is 2.38. The van der Waals surface area contributed by atoms with E-state index in [0.717, 1.165) is 25.0 Å². The van der Waals surface area contributed by atoms with E-state index in [2.05, 4.69) is 4.98 Å². The number of rotatable bonds is 6. The minimum Gasteiger partial charge on any atom is -0.481 e. The maximum atomic E-state index is 11.5. The van der Waals surface area contributed by atoms with Crippen LogP contribution in [0.2, 0.25) is 0 Å². The van der Waals surface area contributed by atoms with E-state index in [1.165, 1.54) is 4.88 Å². The highest BCUT2D eigenvalue weighted by Crippen LogP contribution is 2.48. The summed E-state index contributed by atoms with van der Waals surface area (Å²) in [4.78, 5) is 16.9. The third kappa shape index (κ3) is 2.35. The van der Waals surface area contributed by atoms with Gasteiger partial charge in [-0.05, 0) is 38.5 Å². The number of carboxylic acids is 1. The molecule has 1 aromatic rings. The van der Waals surface area contributed by atoms with Gasteiger partial charge in [-0.15, -0.1) is 11.3 Å². The van der Waals surface area contributed by atoms with Crippen molar-refractivity contribution in [1.82, 2.24) is 4.98 Å². The fourth-order valence-corrected chi connectivity index (χ4v) is 3.16. The molecule has 0 aromatic carbocycles. The molecule has 0 saturated heterocycles. The number of carbonyl (C=O) groups is 1. The van der Waals surface area contributed by atoms with Crippen LogP contribution in [0.25, 0.3) is 0 Å². The summed E-state index contributed by atoms with van der Waals surface area (Å²) in [6.07, 6.45) is 3.42. The van der Waals surface area contributed by atoms with Crippen molar-refractivity contribution in [1.29, 1.82) is 0 Å². The van der Waals surface area contributed by atoms with Crippen molar-refractivity contribution in [2.45, 2.75) is 32.6 Å². The molecule has 3 N–H and O–H groups in total. The van der Waals surface area contributed by atoms with Gasteiger partial charge < -0.3 is 10.8 Å². The lowest BCUT2D eigenvalue weighted by Crippen LogP contribution is -2.41. The molecule has 1 atom stereocenters. The Balaban J connectivity index is 2.08. The van der Waals surface area contributed by atoms with Crippen LogP contribution in [0, 0.1) is 18.3 Å². The molecule has 1 saturated carbocycles. The molecule has 2 rings (SSSR count). The maximum Gasteiger partial charge on any atom is 0.311 e. The Bertz CT molecular complexity index is 414. The summed E-state index contributed by atoms with van der Waals surface area (Å²) >= 11 is 1.60. The van der Waals surface area contributed by atoms with E-state index in [4.69, 9.17) is 5.73 Å². The Morgan fingerprint density at radius 1 is 1.71 bits per heavy atom. The number of aromatic nitrogens is 1. The monoisotopic (exact) mass is 254 g/mol. The second-order valence-corrected chi connectivity index (χ2v) is 5.74. The number of hydrogen-bond acceptors (Lipinski definition) is 4. The highest BCUT2D eigenvalue weighted by Gasteiger charge is 2.49. The summed E-state index contributed by atoms with van der Waals surface area (Å²) in [7, 11) is 0. The number of nitrogens with zero attached hydrogens (tertiary/aromatic N) is 1. The molecular weight excluding hydrogens is 236 g/mol. The van der Waals surface area contributed by atoms with Crippen LogP contribution in [0.15, 0.2) is 5.51 Å². The minimum absolute atomic E-state index is 0.241. The lowest BCUT2D eigenvalue weighted by Gasteiger charge is -2.27. The average Bonchev–Trinajstić information content (AvgIpc) is 3.05. The largest absolute Gasteiger partial charge is 0.481 e. The summed E-state index contributed by atoms with van der Waals surface area (Å²) in [5.41, 5.74) is 7.85. The van der Waals surface area contributed by atoms with Gasteiger partial charge in [0.15, 0.2) is 0 Å². The third-order valence-corrected chi connectivity index (χ3v) is 4.79. The second kappa shape index (κ2) is 4.74. The zero-order chi connectivity index (χ0) is 12.5. The van der Waals surface area contributed by atoms with Crippen LogP contribution in [0.3, 0.4) is 0 Å². The number of aryl methyl sites for hydroxylation is 2. The first-order chi connectivity index (χ1) is 8.10. The van der Waals surface area contributed by atoms with E-state index in [1.54, 1.807) is 11.3 Å². The molecule has 1 unspecified atom stereocenters. The topological polar surface area (TPSA) is 76.2 Å². The number of nitrogens with two attached hydrogens (primary N) is 1. The Labute approximate surface area is 105 Å². The van der Waals surface area contributed by atoms with Crippen LogP contribution in [0.4, 0.5) is 0 Å². The molecule has 94 valence electrons. The lowest BCUT2D eigenvalue weighted by molar-refractivity contribution is -0.150. The first kappa shape index (κ1) is 12.5. The van der Waals surface area contributed by atoms with E-state index in [1.807, 2.05) is 12.4 Å². The molecule has 17 heavy (non-hydrogen) atoms. The molecular formula is C12H18N2O2S. The van der Waals surface area contributed by atoms with Gasteiger partial charge in [0, 0.05) is 11.4 Å². The highest BCUT2D eigenvalue weighted by molar-refractivity contribution is 7.09. The standard InChI is InChI=1S/C12H18N2O2S/c1-8-10(17-7-14-8)4-5-12(6-13,11(15)16)9-2-3-9/h7,9H,2-6,13H2,1H3,(H,15,16). The number of carboxylic acid groups (broad SMARTS) is 1. The molecule has 1 aromatic heterocycles. The molecule has 0 bridgehead atoms. The van der Waals surface area contributed by atoms with Gasteiger partial charge in [0.25, 0.3) is 0 Å². The SMILES string of the molecule is Cc1ncsc1CCC(CN)(C(=O)O)C1CC1. The summed E-state index contributed by atoms with van der Waals surface area (Å²) in [6.45, 7) is 2.21. The summed E-state index contributed by atoms with van der Waals surface area (Å²) < 4.78 is 0. The summed E-state index contributed by atoms with van der Waals surface area (Å²) in [6, 6.07) is 0. The molecule has 0 radical (unpaired) electrons. The van der Waals surface area contributed by atoms with E-state index < -0.39 is 11.4 Å². The van der Waals surface area contributed by atoms with Crippen LogP contribution in [0.1, 0.15) is 29.8 Å². The fraction of sp³-hybridized carbons (Fsp3) is 0.667. The number of hydrogen-bond donors (Lipinski definition) is 2. The Hall–Kier alpha value is -0.940. The minimum atomic E-state index is -0.732. The highest BCUT2D eigenvalue weighted by atomic mass is 32.1. The second-order valence-electron chi connectivity index (χ2n) is 4.80. The van der Waals surface area contributed by atoms with Gasteiger partial charge in [0.05, 0.1) is 16.6 Å². The van der Waals surface area contributed by atoms with Crippen LogP contribution in [-0.4, -0.2) is 22.6 Å². The Kier molecular flexibility index (Phi) is 3.49. The number of thiazole rings is 1. The first-order valence-electron chi connectivity index (χ1n) is 5.92. The van der Waals surface area contributed by atoms with Gasteiger partial charge in [-0.25, -0.2) is 4.98 Å². The van der Waals surface area contributed by atoms with Crippen LogP contribution >= 0.6 is 11.3 Å². The third-order valence-electron chi connectivity index (χ3n) is 3.79. The van der Waals surface area contributed by atoms with Gasteiger partial charge in [0.1, 0.15) is 0 Å². The van der Waals surface area contributed by atoms with E-state index >= 15 is 0 Å². The van der Waals surface area contributed by atoms with Crippen molar-refractivity contribution in [3.05, 3.63) is 16.1 Å². The van der Waals surface area contributed by atoms with Crippen molar-refractivity contribution in [2.75, 3.05) is 6.54 Å². The van der Waals surface area contributed by atoms with Crippen molar-refractivity contribution in [3.63, 3.8) is 0 Å². The van der Waals surface area contributed by atoms with Crippen LogP contribution in [0.5, 0.6) is 0 Å². The molecule has 0 aliphatic heterocycles. The normalized spacial score (nSPS) is 18.9. The predicted octanol–water partition coefficient (Wildman–Crippen LogP) is 1.82. The molecule has 1 aliphatic carbocycles. The van der Waals surface area contributed by atoms with E-state index in [0.29, 0.717) is 6.42 Å². The van der Waals surface area contributed by atoms with Gasteiger partial charge in [-0.1, -0.05) is 0 Å². The van der Waals surface area contributed by atoms with Crippen molar-refractivity contribution >= 4 is 17.3 Å². The summed E-state index contributed by atoms with van der Waals surface area (Å²) in [5.74, 6) is -0.456. The van der Waals surface area contributed by atoms with E-state index in [9.17, 15) is 9.90 Å². The Morgan fingerprint density at radius 2 is 2.41 bits per heavy atom. The zero-order valence-electron chi connectivity index (χ0n) is 9.98. The molecule has 5 heteroatoms. The van der Waals surface area contributed by atoms with Crippen molar-refractivity contribution in [3.8, 4) is 0 Å². The van der Waals surface area contributed by atoms with E-state index in [-0.39, 0.29) is 12.5 Å². The van der Waals surface area contributed by atoms with Gasteiger partial charge >= 0.3 is 5.97 Å². The van der Waals surface area contributed by atoms with Crippen LogP contribution in [-0.2, 0) is 11.2 Å². The molecule has 1 aliphatic rings.